The number of fused-ring (bicyclic) bond motifs is 2. The Hall–Kier alpha value is -3.06. The van der Waals surface area contributed by atoms with Crippen LogP contribution in [0.5, 0.6) is 0 Å². The molecule has 0 unspecified atom stereocenters. The fraction of sp³-hybridized carbons (Fsp3) is 0.0526. The van der Waals surface area contributed by atoms with E-state index in [1.165, 1.54) is 10.9 Å². The van der Waals surface area contributed by atoms with Crippen LogP contribution in [0.15, 0.2) is 70.2 Å². The Labute approximate surface area is 156 Å². The molecule has 0 aliphatic heterocycles. The molecule has 0 fully saturated rings. The van der Waals surface area contributed by atoms with Gasteiger partial charge in [-0.25, -0.2) is 9.97 Å². The molecule has 0 bridgehead atoms. The highest BCUT2D eigenvalue weighted by atomic mass is 79.9. The zero-order valence-corrected chi connectivity index (χ0v) is 15.1. The lowest BCUT2D eigenvalue weighted by Crippen LogP contribution is -2.28. The van der Waals surface area contributed by atoms with Crippen LogP contribution >= 0.6 is 15.9 Å². The van der Waals surface area contributed by atoms with Crippen LogP contribution in [0.2, 0.25) is 0 Å². The SMILES string of the molecule is O=C(Cn1cnc2ccc(Br)cc2c1=O)Nc1ccc2ccccc2n1. The van der Waals surface area contributed by atoms with Crippen LogP contribution in [-0.4, -0.2) is 20.4 Å². The highest BCUT2D eigenvalue weighted by molar-refractivity contribution is 9.10. The van der Waals surface area contributed by atoms with E-state index in [1.807, 2.05) is 36.4 Å². The van der Waals surface area contributed by atoms with Crippen molar-refractivity contribution >= 4 is 49.5 Å². The summed E-state index contributed by atoms with van der Waals surface area (Å²) in [4.78, 5) is 33.5. The minimum absolute atomic E-state index is 0.136. The molecule has 0 atom stereocenters. The molecule has 0 saturated carbocycles. The maximum Gasteiger partial charge on any atom is 0.261 e. The quantitative estimate of drug-likeness (QED) is 0.563. The number of benzene rings is 2. The summed E-state index contributed by atoms with van der Waals surface area (Å²) in [6.45, 7) is -0.136. The van der Waals surface area contributed by atoms with E-state index >= 15 is 0 Å². The largest absolute Gasteiger partial charge is 0.309 e. The smallest absolute Gasteiger partial charge is 0.261 e. The number of carbonyl (C=O) groups excluding carboxylic acids is 1. The molecule has 0 aliphatic rings. The van der Waals surface area contributed by atoms with Gasteiger partial charge >= 0.3 is 0 Å². The minimum atomic E-state index is -0.342. The number of nitrogens with one attached hydrogen (secondary N) is 1. The molecule has 2 aromatic carbocycles. The van der Waals surface area contributed by atoms with E-state index in [2.05, 4.69) is 31.2 Å². The standard InChI is InChI=1S/C19H13BrN4O2/c20-13-6-7-16-14(9-13)19(26)24(11-21-16)10-18(25)23-17-8-5-12-3-1-2-4-15(12)22-17/h1-9,11H,10H2,(H,22,23,25). The maximum atomic E-state index is 12.5. The van der Waals surface area contributed by atoms with Crippen molar-refractivity contribution in [3.63, 3.8) is 0 Å². The van der Waals surface area contributed by atoms with Gasteiger partial charge in [0.2, 0.25) is 5.91 Å². The third-order valence-corrected chi connectivity index (χ3v) is 4.46. The topological polar surface area (TPSA) is 76.9 Å². The van der Waals surface area contributed by atoms with Crippen LogP contribution in [0.3, 0.4) is 0 Å². The number of amides is 1. The zero-order chi connectivity index (χ0) is 18.1. The molecule has 4 rings (SSSR count). The number of halogens is 1. The summed E-state index contributed by atoms with van der Waals surface area (Å²) in [6, 6.07) is 16.5. The number of nitrogens with zero attached hydrogens (tertiary/aromatic N) is 3. The second kappa shape index (κ2) is 6.68. The van der Waals surface area contributed by atoms with Gasteiger partial charge in [0, 0.05) is 9.86 Å². The Morgan fingerprint density at radius 1 is 1.08 bits per heavy atom. The van der Waals surface area contributed by atoms with Crippen molar-refractivity contribution in [2.75, 3.05) is 5.32 Å². The molecule has 2 heterocycles. The van der Waals surface area contributed by atoms with E-state index in [4.69, 9.17) is 0 Å². The van der Waals surface area contributed by atoms with Gasteiger partial charge in [0.1, 0.15) is 12.4 Å². The minimum Gasteiger partial charge on any atom is -0.309 e. The number of anilines is 1. The first-order valence-corrected chi connectivity index (χ1v) is 8.70. The van der Waals surface area contributed by atoms with Crippen LogP contribution in [0.4, 0.5) is 5.82 Å². The van der Waals surface area contributed by atoms with E-state index in [0.717, 1.165) is 15.4 Å². The first kappa shape index (κ1) is 16.4. The Bertz CT molecular complexity index is 1200. The fourth-order valence-electron chi connectivity index (χ4n) is 2.72. The van der Waals surface area contributed by atoms with Gasteiger partial charge in [0.25, 0.3) is 5.56 Å². The van der Waals surface area contributed by atoms with E-state index in [1.54, 1.807) is 18.2 Å². The van der Waals surface area contributed by atoms with Crippen molar-refractivity contribution in [3.8, 4) is 0 Å². The summed E-state index contributed by atoms with van der Waals surface area (Å²) in [6.07, 6.45) is 1.38. The molecule has 0 aliphatic carbocycles. The van der Waals surface area contributed by atoms with Crippen LogP contribution in [0, 0.1) is 0 Å². The Morgan fingerprint density at radius 3 is 2.81 bits per heavy atom. The highest BCUT2D eigenvalue weighted by Crippen LogP contribution is 2.16. The number of para-hydroxylation sites is 1. The molecule has 0 saturated heterocycles. The summed E-state index contributed by atoms with van der Waals surface area (Å²) in [5.74, 6) is 0.101. The summed E-state index contributed by atoms with van der Waals surface area (Å²) < 4.78 is 2.07. The van der Waals surface area contributed by atoms with E-state index < -0.39 is 0 Å². The van der Waals surface area contributed by atoms with Gasteiger partial charge in [-0.05, 0) is 36.4 Å². The molecule has 6 nitrogen and oxygen atoms in total. The Morgan fingerprint density at radius 2 is 1.92 bits per heavy atom. The normalized spacial score (nSPS) is 11.0. The third kappa shape index (κ3) is 3.21. The van der Waals surface area contributed by atoms with Gasteiger partial charge in [0.05, 0.1) is 22.7 Å². The lowest BCUT2D eigenvalue weighted by Gasteiger charge is -2.08. The van der Waals surface area contributed by atoms with Crippen molar-refractivity contribution < 1.29 is 4.79 Å². The second-order valence-corrected chi connectivity index (χ2v) is 6.69. The van der Waals surface area contributed by atoms with Gasteiger partial charge in [-0.2, -0.15) is 0 Å². The molecule has 0 spiro atoms. The fourth-order valence-corrected chi connectivity index (χ4v) is 3.08. The van der Waals surface area contributed by atoms with Crippen LogP contribution in [0.1, 0.15) is 0 Å². The van der Waals surface area contributed by atoms with E-state index in [9.17, 15) is 9.59 Å². The predicted octanol–water partition coefficient (Wildman–Crippen LogP) is 3.35. The van der Waals surface area contributed by atoms with Gasteiger partial charge in [-0.3, -0.25) is 14.2 Å². The van der Waals surface area contributed by atoms with Crippen molar-refractivity contribution in [1.82, 2.24) is 14.5 Å². The highest BCUT2D eigenvalue weighted by Gasteiger charge is 2.10. The first-order chi connectivity index (χ1) is 12.6. The van der Waals surface area contributed by atoms with Gasteiger partial charge < -0.3 is 5.32 Å². The van der Waals surface area contributed by atoms with Crippen molar-refractivity contribution in [2.45, 2.75) is 6.54 Å². The van der Waals surface area contributed by atoms with Gasteiger partial charge in [0.15, 0.2) is 0 Å². The summed E-state index contributed by atoms with van der Waals surface area (Å²) in [7, 11) is 0. The number of aromatic nitrogens is 3. The van der Waals surface area contributed by atoms with E-state index in [0.29, 0.717) is 16.7 Å². The van der Waals surface area contributed by atoms with Crippen molar-refractivity contribution in [3.05, 3.63) is 75.8 Å². The van der Waals surface area contributed by atoms with Gasteiger partial charge in [-0.15, -0.1) is 0 Å². The molecule has 4 aromatic rings. The summed E-state index contributed by atoms with van der Waals surface area (Å²) in [5.41, 5.74) is 1.11. The number of carbonyl (C=O) groups is 1. The number of hydrogen-bond acceptors (Lipinski definition) is 4. The van der Waals surface area contributed by atoms with Crippen molar-refractivity contribution in [1.29, 1.82) is 0 Å². The third-order valence-electron chi connectivity index (χ3n) is 3.97. The molecular formula is C19H13BrN4O2. The molecule has 1 N–H and O–H groups in total. The van der Waals surface area contributed by atoms with E-state index in [-0.39, 0.29) is 18.0 Å². The zero-order valence-electron chi connectivity index (χ0n) is 13.5. The molecule has 128 valence electrons. The van der Waals surface area contributed by atoms with Gasteiger partial charge in [-0.1, -0.05) is 34.1 Å². The van der Waals surface area contributed by atoms with Crippen molar-refractivity contribution in [2.24, 2.45) is 0 Å². The average Bonchev–Trinajstić information content (AvgIpc) is 2.64. The number of rotatable bonds is 3. The molecular weight excluding hydrogens is 396 g/mol. The second-order valence-electron chi connectivity index (χ2n) is 5.78. The number of hydrogen-bond donors (Lipinski definition) is 1. The lowest BCUT2D eigenvalue weighted by atomic mass is 10.2. The van der Waals surface area contributed by atoms with Crippen LogP contribution < -0.4 is 10.9 Å². The lowest BCUT2D eigenvalue weighted by molar-refractivity contribution is -0.116. The maximum absolute atomic E-state index is 12.5. The summed E-state index contributed by atoms with van der Waals surface area (Å²) in [5, 5.41) is 4.17. The van der Waals surface area contributed by atoms with Crippen LogP contribution in [0.25, 0.3) is 21.8 Å². The monoisotopic (exact) mass is 408 g/mol. The molecule has 1 amide bonds. The van der Waals surface area contributed by atoms with Crippen LogP contribution in [-0.2, 0) is 11.3 Å². The summed E-state index contributed by atoms with van der Waals surface area (Å²) >= 11 is 3.34. The Kier molecular flexibility index (Phi) is 4.22. The average molecular weight is 409 g/mol. The number of pyridine rings is 1. The molecule has 0 radical (unpaired) electrons. The molecule has 2 aromatic heterocycles. The Balaban J connectivity index is 1.58. The molecule has 26 heavy (non-hydrogen) atoms. The molecule has 7 heteroatoms. The predicted molar refractivity (Wildman–Crippen MR) is 104 cm³/mol. The first-order valence-electron chi connectivity index (χ1n) is 7.90.